The van der Waals surface area contributed by atoms with Gasteiger partial charge in [0, 0.05) is 18.5 Å². The smallest absolute Gasteiger partial charge is 0.270 e. The van der Waals surface area contributed by atoms with Crippen molar-refractivity contribution in [1.29, 1.82) is 0 Å². The summed E-state index contributed by atoms with van der Waals surface area (Å²) in [6.45, 7) is 3.69. The van der Waals surface area contributed by atoms with Crippen molar-refractivity contribution in [1.82, 2.24) is 9.88 Å². The SMILES string of the molecule is CCCn1c(C(=O)NCC2CC2)c(N)c2ccccc21. The first-order chi connectivity index (χ1) is 9.72. The van der Waals surface area contributed by atoms with Crippen LogP contribution >= 0.6 is 0 Å². The second-order valence-electron chi connectivity index (χ2n) is 5.58. The second-order valence-corrected chi connectivity index (χ2v) is 5.58. The summed E-state index contributed by atoms with van der Waals surface area (Å²) in [6, 6.07) is 7.95. The van der Waals surface area contributed by atoms with Gasteiger partial charge in [0.1, 0.15) is 5.69 Å². The number of benzene rings is 1. The number of nitrogen functional groups attached to an aromatic ring is 1. The quantitative estimate of drug-likeness (QED) is 0.878. The second kappa shape index (κ2) is 5.19. The van der Waals surface area contributed by atoms with Gasteiger partial charge in [-0.25, -0.2) is 0 Å². The van der Waals surface area contributed by atoms with E-state index >= 15 is 0 Å². The molecule has 20 heavy (non-hydrogen) atoms. The minimum atomic E-state index is -0.0425. The summed E-state index contributed by atoms with van der Waals surface area (Å²) in [5, 5.41) is 3.99. The highest BCUT2D eigenvalue weighted by molar-refractivity contribution is 6.08. The van der Waals surface area contributed by atoms with Gasteiger partial charge >= 0.3 is 0 Å². The number of hydrogen-bond donors (Lipinski definition) is 2. The van der Waals surface area contributed by atoms with Crippen LogP contribution < -0.4 is 11.1 Å². The molecule has 2 aromatic rings. The molecule has 4 nitrogen and oxygen atoms in total. The van der Waals surface area contributed by atoms with Gasteiger partial charge in [-0.05, 0) is 31.2 Å². The van der Waals surface area contributed by atoms with Gasteiger partial charge in [0.15, 0.2) is 0 Å². The largest absolute Gasteiger partial charge is 0.396 e. The topological polar surface area (TPSA) is 60.0 Å². The number of aryl methyl sites for hydroxylation is 1. The molecule has 1 saturated carbocycles. The molecule has 0 saturated heterocycles. The van der Waals surface area contributed by atoms with E-state index in [2.05, 4.69) is 12.2 Å². The van der Waals surface area contributed by atoms with Crippen molar-refractivity contribution in [2.45, 2.75) is 32.7 Å². The minimum Gasteiger partial charge on any atom is -0.396 e. The molecular formula is C16H21N3O. The number of nitrogens with one attached hydrogen (secondary N) is 1. The van der Waals surface area contributed by atoms with Gasteiger partial charge in [0.05, 0.1) is 11.2 Å². The molecule has 1 aliphatic rings. The third kappa shape index (κ3) is 2.26. The van der Waals surface area contributed by atoms with Gasteiger partial charge in [-0.15, -0.1) is 0 Å². The molecule has 1 fully saturated rings. The maximum absolute atomic E-state index is 12.5. The van der Waals surface area contributed by atoms with Crippen molar-refractivity contribution < 1.29 is 4.79 Å². The van der Waals surface area contributed by atoms with E-state index in [1.54, 1.807) is 0 Å². The highest BCUT2D eigenvalue weighted by atomic mass is 16.2. The lowest BCUT2D eigenvalue weighted by molar-refractivity contribution is 0.0944. The van der Waals surface area contributed by atoms with Crippen LogP contribution in [-0.4, -0.2) is 17.0 Å². The monoisotopic (exact) mass is 271 g/mol. The first-order valence-corrected chi connectivity index (χ1v) is 7.37. The lowest BCUT2D eigenvalue weighted by Gasteiger charge is -2.10. The van der Waals surface area contributed by atoms with E-state index in [0.29, 0.717) is 17.3 Å². The molecule has 106 valence electrons. The average molecular weight is 271 g/mol. The number of aromatic nitrogens is 1. The zero-order valence-corrected chi connectivity index (χ0v) is 11.9. The molecule has 1 aromatic heterocycles. The molecule has 0 unspecified atom stereocenters. The van der Waals surface area contributed by atoms with Crippen molar-refractivity contribution >= 4 is 22.5 Å². The van der Waals surface area contributed by atoms with Crippen LogP contribution in [0.5, 0.6) is 0 Å². The fraction of sp³-hybridized carbons (Fsp3) is 0.438. The number of nitrogens with two attached hydrogens (primary N) is 1. The number of amides is 1. The Morgan fingerprint density at radius 1 is 1.40 bits per heavy atom. The predicted molar refractivity (Wildman–Crippen MR) is 81.7 cm³/mol. The van der Waals surface area contributed by atoms with E-state index in [9.17, 15) is 4.79 Å². The van der Waals surface area contributed by atoms with Crippen LogP contribution in [0.15, 0.2) is 24.3 Å². The molecule has 3 rings (SSSR count). The standard InChI is InChI=1S/C16H21N3O/c1-2-9-19-13-6-4-3-5-12(13)14(17)15(19)16(20)18-10-11-7-8-11/h3-6,11H,2,7-10,17H2,1H3,(H,18,20). The van der Waals surface area contributed by atoms with Crippen LogP contribution in [0.4, 0.5) is 5.69 Å². The highest BCUT2D eigenvalue weighted by Gasteiger charge is 2.24. The van der Waals surface area contributed by atoms with Gasteiger partial charge in [-0.3, -0.25) is 4.79 Å². The molecule has 1 amide bonds. The van der Waals surface area contributed by atoms with Gasteiger partial charge in [-0.1, -0.05) is 25.1 Å². The summed E-state index contributed by atoms with van der Waals surface area (Å²) in [5.41, 5.74) is 8.47. The predicted octanol–water partition coefficient (Wildman–Crippen LogP) is 2.77. The Hall–Kier alpha value is -1.97. The maximum atomic E-state index is 12.5. The van der Waals surface area contributed by atoms with E-state index in [0.717, 1.165) is 30.4 Å². The number of para-hydroxylation sites is 1. The molecule has 0 radical (unpaired) electrons. The molecule has 4 heteroatoms. The summed E-state index contributed by atoms with van der Waals surface area (Å²) in [6.07, 6.45) is 3.43. The Balaban J connectivity index is 2.00. The lowest BCUT2D eigenvalue weighted by atomic mass is 10.2. The van der Waals surface area contributed by atoms with E-state index in [4.69, 9.17) is 5.73 Å². The summed E-state index contributed by atoms with van der Waals surface area (Å²) in [4.78, 5) is 12.5. The Morgan fingerprint density at radius 2 is 2.15 bits per heavy atom. The summed E-state index contributed by atoms with van der Waals surface area (Å²) >= 11 is 0. The van der Waals surface area contributed by atoms with E-state index in [1.165, 1.54) is 12.8 Å². The average Bonchev–Trinajstić information content (AvgIpc) is 3.24. The van der Waals surface area contributed by atoms with Crippen LogP contribution in [0.1, 0.15) is 36.7 Å². The molecule has 3 N–H and O–H groups in total. The van der Waals surface area contributed by atoms with Crippen molar-refractivity contribution in [3.05, 3.63) is 30.0 Å². The van der Waals surface area contributed by atoms with Crippen LogP contribution in [0.3, 0.4) is 0 Å². The lowest BCUT2D eigenvalue weighted by Crippen LogP contribution is -2.28. The first kappa shape index (κ1) is 13.0. The number of carbonyl (C=O) groups is 1. The van der Waals surface area contributed by atoms with Crippen LogP contribution in [0.2, 0.25) is 0 Å². The number of nitrogens with zero attached hydrogens (tertiary/aromatic N) is 1. The highest BCUT2D eigenvalue weighted by Crippen LogP contribution is 2.30. The molecule has 0 aliphatic heterocycles. The van der Waals surface area contributed by atoms with E-state index in [-0.39, 0.29) is 5.91 Å². The third-order valence-electron chi connectivity index (χ3n) is 3.92. The van der Waals surface area contributed by atoms with Crippen molar-refractivity contribution in [3.63, 3.8) is 0 Å². The summed E-state index contributed by atoms with van der Waals surface area (Å²) < 4.78 is 2.05. The first-order valence-electron chi connectivity index (χ1n) is 7.37. The Bertz CT molecular complexity index is 640. The van der Waals surface area contributed by atoms with Gasteiger partial charge in [-0.2, -0.15) is 0 Å². The molecule has 0 spiro atoms. The van der Waals surface area contributed by atoms with E-state index < -0.39 is 0 Å². The normalized spacial score (nSPS) is 14.7. The zero-order chi connectivity index (χ0) is 14.1. The van der Waals surface area contributed by atoms with Gasteiger partial charge < -0.3 is 15.6 Å². The Labute approximate surface area is 118 Å². The molecule has 1 aliphatic carbocycles. The molecule has 0 bridgehead atoms. The van der Waals surface area contributed by atoms with Crippen LogP contribution in [0, 0.1) is 5.92 Å². The maximum Gasteiger partial charge on any atom is 0.270 e. The fourth-order valence-electron chi connectivity index (χ4n) is 2.67. The van der Waals surface area contributed by atoms with Gasteiger partial charge in [0.25, 0.3) is 5.91 Å². The van der Waals surface area contributed by atoms with Crippen molar-refractivity contribution in [3.8, 4) is 0 Å². The third-order valence-corrected chi connectivity index (χ3v) is 3.92. The van der Waals surface area contributed by atoms with Crippen LogP contribution in [0.25, 0.3) is 10.9 Å². The summed E-state index contributed by atoms with van der Waals surface area (Å²) in [7, 11) is 0. The number of hydrogen-bond acceptors (Lipinski definition) is 2. The number of rotatable bonds is 5. The number of anilines is 1. The molecule has 0 atom stereocenters. The Kier molecular flexibility index (Phi) is 3.38. The fourth-order valence-corrected chi connectivity index (χ4v) is 2.67. The molecular weight excluding hydrogens is 250 g/mol. The van der Waals surface area contributed by atoms with Gasteiger partial charge in [0.2, 0.25) is 0 Å². The molecule has 1 heterocycles. The van der Waals surface area contributed by atoms with E-state index in [1.807, 2.05) is 28.8 Å². The van der Waals surface area contributed by atoms with Crippen LogP contribution in [-0.2, 0) is 6.54 Å². The zero-order valence-electron chi connectivity index (χ0n) is 11.9. The number of fused-ring (bicyclic) bond motifs is 1. The summed E-state index contributed by atoms with van der Waals surface area (Å²) in [5.74, 6) is 0.628. The molecule has 1 aromatic carbocycles. The van der Waals surface area contributed by atoms with Crippen molar-refractivity contribution in [2.75, 3.05) is 12.3 Å². The minimum absolute atomic E-state index is 0.0425. The Morgan fingerprint density at radius 3 is 2.85 bits per heavy atom. The van der Waals surface area contributed by atoms with Crippen molar-refractivity contribution in [2.24, 2.45) is 5.92 Å². The number of carbonyl (C=O) groups excluding carboxylic acids is 1.